The standard InChI is InChI=1S/C82H50N8/c83-51-55-28-13-14-33-58(55)54-44-45-73(89-71-41-21-17-36-61(71)67-47-65-59-34-15-19-39-69(59)87(75(65)49-77(67)89)56-29-9-3-10-30-56)64(46-54)63-38-23-43-74(79(63)82-85-80(52-24-5-1-6-25-52)84-81(86-82)53-26-7-2-8-27-53)90-72-42-22-18-37-62(72)68-48-66-60-35-16-20-40-70(60)88(76(66)50-78(68)90)57-31-11-4-12-32-57/h1-50H. The Kier molecular flexibility index (Phi) is 11.5. The van der Waals surface area contributed by atoms with Crippen molar-refractivity contribution < 1.29 is 0 Å². The Morgan fingerprint density at radius 2 is 0.633 bits per heavy atom. The fourth-order valence-electron chi connectivity index (χ4n) is 14.1. The molecule has 0 aliphatic carbocycles. The Hall–Kier alpha value is -12.4. The highest BCUT2D eigenvalue weighted by molar-refractivity contribution is 6.21. The molecule has 5 aromatic heterocycles. The summed E-state index contributed by atoms with van der Waals surface area (Å²) in [7, 11) is 0. The van der Waals surface area contributed by atoms with Crippen LogP contribution in [0.2, 0.25) is 0 Å². The minimum Gasteiger partial charge on any atom is -0.309 e. The lowest BCUT2D eigenvalue weighted by atomic mass is 9.91. The highest BCUT2D eigenvalue weighted by Gasteiger charge is 2.28. The first-order chi connectivity index (χ1) is 44.6. The smallest absolute Gasteiger partial charge is 0.166 e. The summed E-state index contributed by atoms with van der Waals surface area (Å²) < 4.78 is 9.66. The van der Waals surface area contributed by atoms with Crippen molar-refractivity contribution >= 4 is 87.2 Å². The van der Waals surface area contributed by atoms with Crippen LogP contribution in [0.25, 0.3) is 166 Å². The van der Waals surface area contributed by atoms with Gasteiger partial charge in [-0.3, -0.25) is 0 Å². The molecule has 0 spiro atoms. The molecule has 418 valence electrons. The molecule has 18 rings (SSSR count). The van der Waals surface area contributed by atoms with Crippen LogP contribution in [0.5, 0.6) is 0 Å². The topological polar surface area (TPSA) is 82.2 Å². The number of nitrogens with zero attached hydrogens (tertiary/aromatic N) is 8. The summed E-state index contributed by atoms with van der Waals surface area (Å²) in [5, 5.41) is 20.0. The SMILES string of the molecule is N#Cc1ccccc1-c1ccc(-n2c3ccccc3c3cc4c5ccccc5n(-c5ccccc5)c4cc32)c(-c2cccc(-n3c4ccccc4c4cc5c6ccccc6n(-c6ccccc6)c5cc43)c2-c2nc(-c3ccccc3)nc(-c3ccccc3)n2)c1. The van der Waals surface area contributed by atoms with E-state index in [-0.39, 0.29) is 0 Å². The Bertz CT molecular complexity index is 5910. The normalized spacial score (nSPS) is 11.8. The Morgan fingerprint density at radius 1 is 0.244 bits per heavy atom. The molecule has 0 N–H and O–H groups in total. The van der Waals surface area contributed by atoms with Gasteiger partial charge in [-0.1, -0.05) is 206 Å². The second-order valence-electron chi connectivity index (χ2n) is 23.0. The van der Waals surface area contributed by atoms with Gasteiger partial charge in [-0.2, -0.15) is 5.26 Å². The predicted octanol–water partition coefficient (Wildman–Crippen LogP) is 20.5. The molecule has 18 aromatic rings. The molecule has 5 heterocycles. The number of nitriles is 1. The van der Waals surface area contributed by atoms with Crippen LogP contribution in [0.4, 0.5) is 0 Å². The van der Waals surface area contributed by atoms with E-state index in [1.807, 2.05) is 60.7 Å². The Morgan fingerprint density at radius 3 is 1.12 bits per heavy atom. The number of hydrogen-bond acceptors (Lipinski definition) is 4. The summed E-state index contributed by atoms with van der Waals surface area (Å²) in [4.78, 5) is 16.6. The van der Waals surface area contributed by atoms with Crippen LogP contribution in [0.15, 0.2) is 303 Å². The lowest BCUT2D eigenvalue weighted by molar-refractivity contribution is 1.06. The Labute approximate surface area is 516 Å². The molecule has 0 radical (unpaired) electrons. The van der Waals surface area contributed by atoms with Crippen molar-refractivity contribution in [3.63, 3.8) is 0 Å². The third kappa shape index (κ3) is 7.83. The zero-order chi connectivity index (χ0) is 59.4. The maximum absolute atomic E-state index is 10.8. The lowest BCUT2D eigenvalue weighted by Gasteiger charge is -2.22. The van der Waals surface area contributed by atoms with Crippen LogP contribution < -0.4 is 0 Å². The highest BCUT2D eigenvalue weighted by atomic mass is 15.1. The minimum atomic E-state index is 0.504. The monoisotopic (exact) mass is 1150 g/mol. The summed E-state index contributed by atoms with van der Waals surface area (Å²) in [6.07, 6.45) is 0. The molecule has 0 fully saturated rings. The number of fused-ring (bicyclic) bond motifs is 12. The van der Waals surface area contributed by atoms with Crippen molar-refractivity contribution in [1.29, 1.82) is 5.26 Å². The van der Waals surface area contributed by atoms with E-state index < -0.39 is 0 Å². The van der Waals surface area contributed by atoms with Crippen LogP contribution in [-0.4, -0.2) is 33.2 Å². The summed E-state index contributed by atoms with van der Waals surface area (Å²) in [5.74, 6) is 1.60. The molecule has 0 saturated carbocycles. The molecule has 0 aliphatic heterocycles. The second-order valence-corrected chi connectivity index (χ2v) is 23.0. The summed E-state index contributed by atoms with van der Waals surface area (Å²) in [5.41, 5.74) is 19.3. The van der Waals surface area contributed by atoms with E-state index in [0.29, 0.717) is 23.0 Å². The van der Waals surface area contributed by atoms with E-state index in [1.165, 1.54) is 21.5 Å². The number of para-hydroxylation sites is 6. The molecule has 0 bridgehead atoms. The zero-order valence-corrected chi connectivity index (χ0v) is 48.4. The van der Waals surface area contributed by atoms with E-state index in [2.05, 4.69) is 267 Å². The summed E-state index contributed by atoms with van der Waals surface area (Å²) in [6.45, 7) is 0. The van der Waals surface area contributed by atoms with Gasteiger partial charge in [-0.25, -0.2) is 15.0 Å². The molecule has 0 aliphatic rings. The maximum Gasteiger partial charge on any atom is 0.166 e. The first-order valence-electron chi connectivity index (χ1n) is 30.3. The number of hydrogen-bond donors (Lipinski definition) is 0. The third-order valence-corrected chi connectivity index (χ3v) is 18.1. The number of aromatic nitrogens is 7. The predicted molar refractivity (Wildman–Crippen MR) is 369 cm³/mol. The average Bonchev–Trinajstić information content (AvgIpc) is 1.56. The van der Waals surface area contributed by atoms with Crippen LogP contribution in [-0.2, 0) is 0 Å². The number of rotatable bonds is 9. The van der Waals surface area contributed by atoms with Crippen LogP contribution >= 0.6 is 0 Å². The zero-order valence-electron chi connectivity index (χ0n) is 48.4. The molecular weight excluding hydrogens is 1100 g/mol. The molecule has 8 nitrogen and oxygen atoms in total. The minimum absolute atomic E-state index is 0.504. The van der Waals surface area contributed by atoms with Gasteiger partial charge in [0, 0.05) is 71.2 Å². The molecule has 8 heteroatoms. The maximum atomic E-state index is 10.8. The van der Waals surface area contributed by atoms with E-state index in [9.17, 15) is 5.26 Å². The van der Waals surface area contributed by atoms with Crippen molar-refractivity contribution in [3.8, 4) is 85.2 Å². The molecule has 0 unspecified atom stereocenters. The molecular formula is C82H50N8. The van der Waals surface area contributed by atoms with E-state index in [0.717, 1.165) is 127 Å². The van der Waals surface area contributed by atoms with Crippen molar-refractivity contribution in [2.75, 3.05) is 0 Å². The molecule has 0 amide bonds. The van der Waals surface area contributed by atoms with Gasteiger partial charge >= 0.3 is 0 Å². The summed E-state index contributed by atoms with van der Waals surface area (Å²) in [6, 6.07) is 110. The van der Waals surface area contributed by atoms with Crippen LogP contribution in [0, 0.1) is 11.3 Å². The molecule has 0 atom stereocenters. The van der Waals surface area contributed by atoms with Crippen molar-refractivity contribution in [3.05, 3.63) is 309 Å². The van der Waals surface area contributed by atoms with Gasteiger partial charge < -0.3 is 18.3 Å². The average molecular weight is 1150 g/mol. The Balaban J connectivity index is 1.00. The molecule has 90 heavy (non-hydrogen) atoms. The lowest BCUT2D eigenvalue weighted by Crippen LogP contribution is -2.06. The van der Waals surface area contributed by atoms with Crippen LogP contribution in [0.3, 0.4) is 0 Å². The van der Waals surface area contributed by atoms with Gasteiger partial charge in [-0.15, -0.1) is 0 Å². The summed E-state index contributed by atoms with van der Waals surface area (Å²) >= 11 is 0. The van der Waals surface area contributed by atoms with Gasteiger partial charge in [0.25, 0.3) is 0 Å². The van der Waals surface area contributed by atoms with Crippen LogP contribution in [0.1, 0.15) is 5.56 Å². The molecule has 13 aromatic carbocycles. The first kappa shape index (κ1) is 50.8. The van der Waals surface area contributed by atoms with E-state index in [1.54, 1.807) is 0 Å². The van der Waals surface area contributed by atoms with Gasteiger partial charge in [0.15, 0.2) is 17.5 Å². The third-order valence-electron chi connectivity index (χ3n) is 18.1. The van der Waals surface area contributed by atoms with Crippen molar-refractivity contribution in [2.24, 2.45) is 0 Å². The van der Waals surface area contributed by atoms with E-state index in [4.69, 9.17) is 15.0 Å². The largest absolute Gasteiger partial charge is 0.309 e. The van der Waals surface area contributed by atoms with E-state index >= 15 is 0 Å². The van der Waals surface area contributed by atoms with Crippen molar-refractivity contribution in [1.82, 2.24) is 33.2 Å². The van der Waals surface area contributed by atoms with Gasteiger partial charge in [0.1, 0.15) is 0 Å². The molecule has 0 saturated heterocycles. The quantitative estimate of drug-likeness (QED) is 0.144. The second kappa shape index (κ2) is 20.3. The fraction of sp³-hybridized carbons (Fsp3) is 0. The fourth-order valence-corrected chi connectivity index (χ4v) is 14.1. The van der Waals surface area contributed by atoms with Gasteiger partial charge in [0.05, 0.1) is 72.7 Å². The van der Waals surface area contributed by atoms with Crippen molar-refractivity contribution in [2.45, 2.75) is 0 Å². The van der Waals surface area contributed by atoms with Gasteiger partial charge in [-0.05, 0) is 114 Å². The first-order valence-corrected chi connectivity index (χ1v) is 30.3. The highest BCUT2D eigenvalue weighted by Crippen LogP contribution is 2.48. The van der Waals surface area contributed by atoms with Gasteiger partial charge in [0.2, 0.25) is 0 Å². The number of benzene rings is 13.